The largest absolute Gasteiger partial charge is 0.395 e. The van der Waals surface area contributed by atoms with Crippen LogP contribution in [0, 0.1) is 13.8 Å². The number of fused-ring (bicyclic) bond motifs is 1. The fraction of sp³-hybridized carbons (Fsp3) is 0.333. The van der Waals surface area contributed by atoms with Gasteiger partial charge in [-0.1, -0.05) is 30.3 Å². The SMILES string of the molecule is Cc1c(C)n(CCc2ccccc2)c2ncnc(NCCO)c12. The van der Waals surface area contributed by atoms with Crippen LogP contribution in [0.3, 0.4) is 0 Å². The number of nitrogens with one attached hydrogen (secondary N) is 1. The Hall–Kier alpha value is -2.40. The van der Waals surface area contributed by atoms with Gasteiger partial charge in [-0.3, -0.25) is 0 Å². The van der Waals surface area contributed by atoms with Gasteiger partial charge in [-0.25, -0.2) is 9.97 Å². The summed E-state index contributed by atoms with van der Waals surface area (Å²) in [6.07, 6.45) is 2.55. The third-order valence-corrected chi connectivity index (χ3v) is 4.28. The molecule has 0 aliphatic carbocycles. The number of benzene rings is 1. The number of aliphatic hydroxyl groups is 1. The molecule has 2 N–H and O–H groups in total. The van der Waals surface area contributed by atoms with Gasteiger partial charge in [0.05, 0.1) is 12.0 Å². The summed E-state index contributed by atoms with van der Waals surface area (Å²) >= 11 is 0. The van der Waals surface area contributed by atoms with Crippen LogP contribution in [0.5, 0.6) is 0 Å². The molecular formula is C18H22N4O. The third kappa shape index (κ3) is 3.05. The highest BCUT2D eigenvalue weighted by atomic mass is 16.3. The predicted octanol–water partition coefficient (Wildman–Crippen LogP) is 2.70. The van der Waals surface area contributed by atoms with E-state index in [1.54, 1.807) is 6.33 Å². The zero-order chi connectivity index (χ0) is 16.2. The highest BCUT2D eigenvalue weighted by Gasteiger charge is 2.16. The predicted molar refractivity (Wildman–Crippen MR) is 92.7 cm³/mol. The van der Waals surface area contributed by atoms with Crippen LogP contribution in [0.1, 0.15) is 16.8 Å². The highest BCUT2D eigenvalue weighted by Crippen LogP contribution is 2.28. The molecule has 0 saturated heterocycles. The molecule has 0 saturated carbocycles. The molecule has 2 heterocycles. The molecular weight excluding hydrogens is 288 g/mol. The molecule has 0 aliphatic heterocycles. The van der Waals surface area contributed by atoms with Gasteiger partial charge in [0.15, 0.2) is 0 Å². The van der Waals surface area contributed by atoms with Crippen LogP contribution in [0.2, 0.25) is 0 Å². The molecule has 0 aliphatic rings. The molecule has 5 nitrogen and oxygen atoms in total. The first-order chi connectivity index (χ1) is 11.2. The fourth-order valence-corrected chi connectivity index (χ4v) is 2.94. The summed E-state index contributed by atoms with van der Waals surface area (Å²) in [5.41, 5.74) is 4.67. The lowest BCUT2D eigenvalue weighted by molar-refractivity contribution is 0.311. The van der Waals surface area contributed by atoms with Gasteiger partial charge in [0.2, 0.25) is 0 Å². The van der Waals surface area contributed by atoms with E-state index in [4.69, 9.17) is 5.11 Å². The lowest BCUT2D eigenvalue weighted by Crippen LogP contribution is -2.08. The normalized spacial score (nSPS) is 11.1. The second-order valence-electron chi connectivity index (χ2n) is 5.67. The van der Waals surface area contributed by atoms with Crippen molar-refractivity contribution in [3.63, 3.8) is 0 Å². The van der Waals surface area contributed by atoms with Crippen molar-refractivity contribution in [3.8, 4) is 0 Å². The van der Waals surface area contributed by atoms with E-state index in [-0.39, 0.29) is 6.61 Å². The van der Waals surface area contributed by atoms with Gasteiger partial charge in [0.25, 0.3) is 0 Å². The zero-order valence-corrected chi connectivity index (χ0v) is 13.6. The van der Waals surface area contributed by atoms with Crippen molar-refractivity contribution in [2.75, 3.05) is 18.5 Å². The molecule has 1 aromatic carbocycles. The maximum Gasteiger partial charge on any atom is 0.145 e. The Morgan fingerprint density at radius 2 is 1.91 bits per heavy atom. The van der Waals surface area contributed by atoms with Crippen molar-refractivity contribution in [2.24, 2.45) is 0 Å². The Kier molecular flexibility index (Phi) is 4.57. The number of hydrogen-bond acceptors (Lipinski definition) is 4. The van der Waals surface area contributed by atoms with Gasteiger partial charge >= 0.3 is 0 Å². The molecule has 5 heteroatoms. The van der Waals surface area contributed by atoms with E-state index >= 15 is 0 Å². The summed E-state index contributed by atoms with van der Waals surface area (Å²) in [6, 6.07) is 10.5. The Morgan fingerprint density at radius 1 is 1.13 bits per heavy atom. The van der Waals surface area contributed by atoms with Gasteiger partial charge in [-0.05, 0) is 31.4 Å². The minimum absolute atomic E-state index is 0.0816. The van der Waals surface area contributed by atoms with E-state index in [1.165, 1.54) is 16.8 Å². The van der Waals surface area contributed by atoms with Crippen molar-refractivity contribution < 1.29 is 5.11 Å². The van der Waals surface area contributed by atoms with Crippen LogP contribution in [0.25, 0.3) is 11.0 Å². The molecule has 0 bridgehead atoms. The lowest BCUT2D eigenvalue weighted by Gasteiger charge is -2.08. The number of aliphatic hydroxyl groups excluding tert-OH is 1. The number of aryl methyl sites for hydroxylation is 3. The van der Waals surface area contributed by atoms with Gasteiger partial charge < -0.3 is 15.0 Å². The second-order valence-corrected chi connectivity index (χ2v) is 5.67. The first kappa shape index (κ1) is 15.5. The van der Waals surface area contributed by atoms with E-state index in [1.807, 2.05) is 6.07 Å². The van der Waals surface area contributed by atoms with E-state index in [0.717, 1.165) is 29.8 Å². The van der Waals surface area contributed by atoms with Crippen LogP contribution >= 0.6 is 0 Å². The minimum Gasteiger partial charge on any atom is -0.395 e. The third-order valence-electron chi connectivity index (χ3n) is 4.28. The van der Waals surface area contributed by atoms with Crippen molar-refractivity contribution in [3.05, 3.63) is 53.5 Å². The summed E-state index contributed by atoms with van der Waals surface area (Å²) < 4.78 is 2.25. The van der Waals surface area contributed by atoms with E-state index in [2.05, 4.69) is 58.0 Å². The smallest absolute Gasteiger partial charge is 0.145 e. The van der Waals surface area contributed by atoms with Crippen LogP contribution in [0.15, 0.2) is 36.7 Å². The molecule has 120 valence electrons. The Labute approximate surface area is 136 Å². The molecule has 0 fully saturated rings. The van der Waals surface area contributed by atoms with Crippen molar-refractivity contribution in [2.45, 2.75) is 26.8 Å². The van der Waals surface area contributed by atoms with E-state index in [9.17, 15) is 0 Å². The molecule has 0 radical (unpaired) electrons. The maximum absolute atomic E-state index is 9.03. The van der Waals surface area contributed by atoms with Crippen molar-refractivity contribution in [1.29, 1.82) is 0 Å². The average Bonchev–Trinajstić information content (AvgIpc) is 2.84. The number of hydrogen-bond donors (Lipinski definition) is 2. The maximum atomic E-state index is 9.03. The van der Waals surface area contributed by atoms with Gasteiger partial charge in [0, 0.05) is 18.8 Å². The number of nitrogens with zero attached hydrogens (tertiary/aromatic N) is 3. The molecule has 0 spiro atoms. The molecule has 3 rings (SSSR count). The van der Waals surface area contributed by atoms with E-state index in [0.29, 0.717) is 6.54 Å². The standard InChI is InChI=1S/C18H22N4O/c1-13-14(2)22(10-8-15-6-4-3-5-7-15)18-16(13)17(19-9-11-23)20-12-21-18/h3-7,12,23H,8-11H2,1-2H3,(H,19,20,21). The first-order valence-electron chi connectivity index (χ1n) is 7.91. The average molecular weight is 310 g/mol. The summed E-state index contributed by atoms with van der Waals surface area (Å²) in [7, 11) is 0. The van der Waals surface area contributed by atoms with Gasteiger partial charge in [-0.2, -0.15) is 0 Å². The molecule has 0 unspecified atom stereocenters. The number of anilines is 1. The van der Waals surface area contributed by atoms with Crippen LogP contribution < -0.4 is 5.32 Å². The highest BCUT2D eigenvalue weighted by molar-refractivity contribution is 5.91. The summed E-state index contributed by atoms with van der Waals surface area (Å²) in [4.78, 5) is 8.82. The first-order valence-corrected chi connectivity index (χ1v) is 7.91. The zero-order valence-electron chi connectivity index (χ0n) is 13.6. The van der Waals surface area contributed by atoms with E-state index < -0.39 is 0 Å². The molecule has 23 heavy (non-hydrogen) atoms. The van der Waals surface area contributed by atoms with Crippen LogP contribution in [0.4, 0.5) is 5.82 Å². The summed E-state index contributed by atoms with van der Waals surface area (Å²) in [6.45, 7) is 5.68. The summed E-state index contributed by atoms with van der Waals surface area (Å²) in [5.74, 6) is 0.795. The molecule has 2 aromatic heterocycles. The second kappa shape index (κ2) is 6.79. The van der Waals surface area contributed by atoms with Gasteiger partial charge in [-0.15, -0.1) is 0 Å². The number of aromatic nitrogens is 3. The molecule has 0 atom stereocenters. The van der Waals surface area contributed by atoms with Crippen LogP contribution in [-0.4, -0.2) is 32.8 Å². The van der Waals surface area contributed by atoms with Crippen molar-refractivity contribution in [1.82, 2.24) is 14.5 Å². The van der Waals surface area contributed by atoms with Crippen LogP contribution in [-0.2, 0) is 13.0 Å². The topological polar surface area (TPSA) is 63.0 Å². The Morgan fingerprint density at radius 3 is 2.65 bits per heavy atom. The Balaban J connectivity index is 1.95. The Bertz CT molecular complexity index is 796. The fourth-order valence-electron chi connectivity index (χ4n) is 2.94. The molecule has 3 aromatic rings. The monoisotopic (exact) mass is 310 g/mol. The summed E-state index contributed by atoms with van der Waals surface area (Å²) in [5, 5.41) is 13.3. The minimum atomic E-state index is 0.0816. The van der Waals surface area contributed by atoms with Crippen molar-refractivity contribution >= 4 is 16.9 Å². The quantitative estimate of drug-likeness (QED) is 0.735. The van der Waals surface area contributed by atoms with Gasteiger partial charge in [0.1, 0.15) is 17.8 Å². The number of rotatable bonds is 6. The lowest BCUT2D eigenvalue weighted by atomic mass is 10.1. The molecule has 0 amide bonds.